The van der Waals surface area contributed by atoms with Crippen LogP contribution < -0.4 is 26.7 Å². The van der Waals surface area contributed by atoms with Crippen molar-refractivity contribution in [2.75, 3.05) is 36.1 Å². The molecule has 12 nitrogen and oxygen atoms in total. The number of benzene rings is 2. The Labute approximate surface area is 202 Å². The zero-order chi connectivity index (χ0) is 24.7. The van der Waals surface area contributed by atoms with Crippen LogP contribution in [0.3, 0.4) is 0 Å². The number of nitrogens with zero attached hydrogens (tertiary/aromatic N) is 3. The van der Waals surface area contributed by atoms with E-state index in [4.69, 9.17) is 14.7 Å². The number of aromatic nitrogens is 2. The van der Waals surface area contributed by atoms with Gasteiger partial charge in [0.25, 0.3) is 0 Å². The summed E-state index contributed by atoms with van der Waals surface area (Å²) in [5.41, 5.74) is 1.53. The number of hydrogen-bond acceptors (Lipinski definition) is 10. The van der Waals surface area contributed by atoms with Crippen molar-refractivity contribution in [2.45, 2.75) is 6.17 Å². The van der Waals surface area contributed by atoms with Crippen LogP contribution in [0.4, 0.5) is 26.4 Å². The molecule has 34 heavy (non-hydrogen) atoms. The highest BCUT2D eigenvalue weighted by Crippen LogP contribution is 2.27. The first-order chi connectivity index (χ1) is 16.2. The van der Waals surface area contributed by atoms with Crippen molar-refractivity contribution >= 4 is 51.7 Å². The summed E-state index contributed by atoms with van der Waals surface area (Å²) in [7, 11) is -0.183. The van der Waals surface area contributed by atoms with Crippen molar-refractivity contribution in [3.63, 3.8) is 0 Å². The maximum absolute atomic E-state index is 13.5. The third-order valence-corrected chi connectivity index (χ3v) is 5.15. The molecule has 1 unspecified atom stereocenters. The second kappa shape index (κ2) is 11.8. The average Bonchev–Trinajstić information content (AvgIpc) is 3.25. The lowest BCUT2D eigenvalue weighted by Crippen LogP contribution is -2.33. The summed E-state index contributed by atoms with van der Waals surface area (Å²) in [6, 6.07) is 9.85. The minimum absolute atomic E-state index is 0.212. The Kier molecular flexibility index (Phi) is 8.78. The number of carbonyl (C=O) groups is 1. The van der Waals surface area contributed by atoms with Gasteiger partial charge >= 0.3 is 13.1 Å². The summed E-state index contributed by atoms with van der Waals surface area (Å²) < 4.78 is 18.5. The lowest BCUT2D eigenvalue weighted by Gasteiger charge is -2.23. The van der Waals surface area contributed by atoms with Gasteiger partial charge in [0.1, 0.15) is 5.82 Å². The molecule has 1 aromatic heterocycles. The van der Waals surface area contributed by atoms with E-state index in [1.807, 2.05) is 0 Å². The predicted octanol–water partition coefficient (Wildman–Crippen LogP) is 1.32. The van der Waals surface area contributed by atoms with Gasteiger partial charge < -0.3 is 36.5 Å². The topological polar surface area (TPSA) is 168 Å². The van der Waals surface area contributed by atoms with Crippen molar-refractivity contribution in [3.8, 4) is 0 Å². The molecule has 3 rings (SSSR count). The molecule has 0 saturated carbocycles. The summed E-state index contributed by atoms with van der Waals surface area (Å²) in [5.74, 6) is -0.192. The van der Waals surface area contributed by atoms with Crippen LogP contribution in [0.1, 0.15) is 11.9 Å². The lowest BCUT2D eigenvalue weighted by atomic mass is 9.80. The van der Waals surface area contributed by atoms with E-state index in [0.29, 0.717) is 16.8 Å². The average molecular weight is 538 g/mol. The number of nitrogens with one attached hydrogen (secondary N) is 4. The first kappa shape index (κ1) is 25.4. The number of urea groups is 1. The number of anilines is 3. The smallest absolute Gasteiger partial charge is 0.423 e. The molecule has 2 amide bonds. The number of hydrogen-bond donors (Lipinski definition) is 7. The highest BCUT2D eigenvalue weighted by atomic mass is 79.9. The van der Waals surface area contributed by atoms with Crippen molar-refractivity contribution < 1.29 is 29.1 Å². The minimum Gasteiger partial charge on any atom is -0.423 e. The fourth-order valence-electron chi connectivity index (χ4n) is 2.85. The van der Waals surface area contributed by atoms with Crippen LogP contribution in [-0.4, -0.2) is 63.9 Å². The second-order valence-corrected chi connectivity index (χ2v) is 7.91. The second-order valence-electron chi connectivity index (χ2n) is 7.05. The van der Waals surface area contributed by atoms with Crippen molar-refractivity contribution in [1.82, 2.24) is 20.7 Å². The molecule has 7 N–H and O–H groups in total. The van der Waals surface area contributed by atoms with E-state index in [1.54, 1.807) is 0 Å². The van der Waals surface area contributed by atoms with Crippen molar-refractivity contribution in [2.24, 2.45) is 0 Å². The molecule has 0 fully saturated rings. The third-order valence-electron chi connectivity index (χ3n) is 4.54. The van der Waals surface area contributed by atoms with Crippen LogP contribution in [0.15, 0.2) is 51.6 Å². The molecular formula is C19H22BBrFN7O5. The molecule has 1 heterocycles. The van der Waals surface area contributed by atoms with Gasteiger partial charge in [0, 0.05) is 31.5 Å². The molecule has 3 aromatic rings. The molecule has 0 aliphatic rings. The van der Waals surface area contributed by atoms with E-state index in [0.717, 1.165) is 5.06 Å². The van der Waals surface area contributed by atoms with Gasteiger partial charge in [0.2, 0.25) is 0 Å². The molecule has 0 bridgehead atoms. The van der Waals surface area contributed by atoms with Crippen LogP contribution in [-0.2, 0) is 0 Å². The van der Waals surface area contributed by atoms with Crippen molar-refractivity contribution in [1.29, 1.82) is 0 Å². The normalized spacial score (nSPS) is 11.7. The summed E-state index contributed by atoms with van der Waals surface area (Å²) in [5, 5.41) is 48.0. The maximum Gasteiger partial charge on any atom is 0.488 e. The van der Waals surface area contributed by atoms with Gasteiger partial charge in [0.15, 0.2) is 17.7 Å². The Hall–Kier alpha value is -3.24. The van der Waals surface area contributed by atoms with Gasteiger partial charge in [-0.25, -0.2) is 13.8 Å². The van der Waals surface area contributed by atoms with E-state index >= 15 is 0 Å². The zero-order valence-electron chi connectivity index (χ0n) is 17.9. The lowest BCUT2D eigenvalue weighted by molar-refractivity contribution is -0.0969. The Morgan fingerprint density at radius 1 is 1.18 bits per heavy atom. The van der Waals surface area contributed by atoms with Gasteiger partial charge in [-0.2, -0.15) is 5.06 Å². The monoisotopic (exact) mass is 537 g/mol. The Bertz CT molecular complexity index is 1100. The summed E-state index contributed by atoms with van der Waals surface area (Å²) in [4.78, 5) is 12.0. The third kappa shape index (κ3) is 6.88. The molecule has 1 atom stereocenters. The molecule has 2 aromatic carbocycles. The van der Waals surface area contributed by atoms with Gasteiger partial charge in [-0.15, -0.1) is 0 Å². The van der Waals surface area contributed by atoms with Crippen LogP contribution in [0.2, 0.25) is 0 Å². The number of halogens is 2. The van der Waals surface area contributed by atoms with E-state index < -0.39 is 25.1 Å². The minimum atomic E-state index is -1.58. The molecule has 0 aliphatic heterocycles. The van der Waals surface area contributed by atoms with Crippen LogP contribution >= 0.6 is 15.9 Å². The van der Waals surface area contributed by atoms with Gasteiger partial charge in [0.05, 0.1) is 4.47 Å². The Morgan fingerprint density at radius 2 is 1.88 bits per heavy atom. The Balaban J connectivity index is 1.52. The molecule has 0 aliphatic carbocycles. The van der Waals surface area contributed by atoms with Crippen LogP contribution in [0.5, 0.6) is 0 Å². The quantitative estimate of drug-likeness (QED) is 0.0866. The fourth-order valence-corrected chi connectivity index (χ4v) is 3.23. The van der Waals surface area contributed by atoms with E-state index in [2.05, 4.69) is 47.5 Å². The highest BCUT2D eigenvalue weighted by Gasteiger charge is 2.25. The number of hydroxylamine groups is 2. The van der Waals surface area contributed by atoms with Gasteiger partial charge in [-0.05, 0) is 62.0 Å². The fraction of sp³-hybridized carbons (Fsp3) is 0.211. The molecular weight excluding hydrogens is 516 g/mol. The predicted molar refractivity (Wildman–Crippen MR) is 126 cm³/mol. The van der Waals surface area contributed by atoms with Crippen LogP contribution in [0, 0.1) is 5.82 Å². The van der Waals surface area contributed by atoms with E-state index in [1.165, 1.54) is 49.5 Å². The molecule has 0 spiro atoms. The van der Waals surface area contributed by atoms with Gasteiger partial charge in [-0.1, -0.05) is 12.1 Å². The van der Waals surface area contributed by atoms with Crippen molar-refractivity contribution in [3.05, 3.63) is 58.4 Å². The first-order valence-corrected chi connectivity index (χ1v) is 10.7. The van der Waals surface area contributed by atoms with Gasteiger partial charge in [-0.3, -0.25) is 0 Å². The zero-order valence-corrected chi connectivity index (χ0v) is 19.5. The summed E-state index contributed by atoms with van der Waals surface area (Å²) in [6.07, 6.45) is -0.872. The van der Waals surface area contributed by atoms with E-state index in [-0.39, 0.29) is 29.1 Å². The number of rotatable bonds is 10. The molecule has 180 valence electrons. The Morgan fingerprint density at radius 3 is 2.53 bits per heavy atom. The summed E-state index contributed by atoms with van der Waals surface area (Å²) >= 11 is 3.11. The van der Waals surface area contributed by atoms with E-state index in [9.17, 15) is 14.4 Å². The molecule has 0 saturated heterocycles. The molecule has 0 radical (unpaired) electrons. The largest absolute Gasteiger partial charge is 0.488 e. The molecule has 15 heteroatoms. The maximum atomic E-state index is 13.5. The highest BCUT2D eigenvalue weighted by molar-refractivity contribution is 9.10. The first-order valence-electron chi connectivity index (χ1n) is 9.95. The number of amides is 2. The number of carbonyl (C=O) groups excluding carboxylic acids is 1. The van der Waals surface area contributed by atoms with Crippen LogP contribution in [0.25, 0.3) is 0 Å². The standard InChI is InChI=1S/C19H22BBrFN7O5/c1-29(33)18(25-13-6-7-15(22)14(21)10-13)16-17(28-34-27-16)23-8-9-24-19(30)26-12-4-2-11(3-5-12)20(31)32/h2-7,10,18,25,31-33H,8-9H2,1H3,(H,23,28)(H2,24,26,30). The summed E-state index contributed by atoms with van der Waals surface area (Å²) in [6.45, 7) is 0.470. The SMILES string of the molecule is CN(O)C(Nc1ccc(F)c(Br)c1)c1nonc1NCCNC(=O)Nc1ccc(B(O)O)cc1.